The number of nitriles is 1. The van der Waals surface area contributed by atoms with E-state index >= 15 is 0 Å². The molecule has 6 nitrogen and oxygen atoms in total. The van der Waals surface area contributed by atoms with Gasteiger partial charge in [-0.15, -0.1) is 10.2 Å². The lowest BCUT2D eigenvalue weighted by atomic mass is 10.0. The lowest BCUT2D eigenvalue weighted by Gasteiger charge is -2.17. The lowest BCUT2D eigenvalue weighted by Crippen LogP contribution is -2.21. The summed E-state index contributed by atoms with van der Waals surface area (Å²) in [5.41, 5.74) is 4.45. The quantitative estimate of drug-likeness (QED) is 0.716. The lowest BCUT2D eigenvalue weighted by molar-refractivity contribution is 0.0827. The Balaban J connectivity index is 1.69. The SMILES string of the molecule is CC(Nc1c(C#N)nnc2cc(-c3ccc(C(=O)N(C)C)cc3)ccc12)C1CC1. The van der Waals surface area contributed by atoms with Gasteiger partial charge in [0.2, 0.25) is 0 Å². The molecule has 3 aromatic rings. The van der Waals surface area contributed by atoms with Crippen LogP contribution in [0.1, 0.15) is 35.8 Å². The number of hydrogen-bond acceptors (Lipinski definition) is 5. The number of rotatable bonds is 5. The fraction of sp³-hybridized carbons (Fsp3) is 0.304. The minimum Gasteiger partial charge on any atom is -0.379 e. The van der Waals surface area contributed by atoms with Crippen LogP contribution in [0.4, 0.5) is 5.69 Å². The first-order chi connectivity index (χ1) is 14.0. The number of benzene rings is 2. The van der Waals surface area contributed by atoms with Gasteiger partial charge in [0.1, 0.15) is 6.07 Å². The fourth-order valence-electron chi connectivity index (χ4n) is 3.52. The Morgan fingerprint density at radius 3 is 2.45 bits per heavy atom. The number of anilines is 1. The van der Waals surface area contributed by atoms with Crippen LogP contribution in [0, 0.1) is 17.2 Å². The van der Waals surface area contributed by atoms with Gasteiger partial charge in [-0.25, -0.2) is 0 Å². The first kappa shape index (κ1) is 18.9. The number of carbonyl (C=O) groups excluding carboxylic acids is 1. The summed E-state index contributed by atoms with van der Waals surface area (Å²) in [6.07, 6.45) is 2.45. The predicted octanol–water partition coefficient (Wildman–Crippen LogP) is 4.08. The minimum absolute atomic E-state index is 0.0227. The summed E-state index contributed by atoms with van der Waals surface area (Å²) < 4.78 is 0. The maximum Gasteiger partial charge on any atom is 0.253 e. The molecular weight excluding hydrogens is 362 g/mol. The van der Waals surface area contributed by atoms with Crippen molar-refractivity contribution in [2.45, 2.75) is 25.8 Å². The second kappa shape index (κ2) is 7.51. The van der Waals surface area contributed by atoms with E-state index < -0.39 is 0 Å². The van der Waals surface area contributed by atoms with Crippen LogP contribution in [-0.2, 0) is 0 Å². The summed E-state index contributed by atoms with van der Waals surface area (Å²) in [6, 6.07) is 16.0. The standard InChI is InChI=1S/C23H23N5O/c1-14(15-4-5-15)25-22-19-11-10-18(12-20(19)26-27-21(22)13-24)16-6-8-17(9-7-16)23(29)28(2)3/h6-12,14-15H,4-5H2,1-3H3,(H,25,26). The summed E-state index contributed by atoms with van der Waals surface area (Å²) in [7, 11) is 3.48. The van der Waals surface area contributed by atoms with Gasteiger partial charge in [-0.2, -0.15) is 5.26 Å². The van der Waals surface area contributed by atoms with E-state index in [-0.39, 0.29) is 5.91 Å². The summed E-state index contributed by atoms with van der Waals surface area (Å²) in [6.45, 7) is 2.15. The molecule has 1 fully saturated rings. The molecule has 0 spiro atoms. The Kier molecular flexibility index (Phi) is 4.89. The van der Waals surface area contributed by atoms with Gasteiger partial charge in [-0.05, 0) is 61.1 Å². The van der Waals surface area contributed by atoms with Gasteiger partial charge < -0.3 is 10.2 Å². The number of aromatic nitrogens is 2. The maximum absolute atomic E-state index is 12.1. The first-order valence-corrected chi connectivity index (χ1v) is 9.77. The van der Waals surface area contributed by atoms with Crippen molar-refractivity contribution >= 4 is 22.5 Å². The van der Waals surface area contributed by atoms with Gasteiger partial charge in [0.25, 0.3) is 5.91 Å². The molecule has 0 bridgehead atoms. The molecule has 0 radical (unpaired) electrons. The molecule has 1 atom stereocenters. The predicted molar refractivity (Wildman–Crippen MR) is 114 cm³/mol. The van der Waals surface area contributed by atoms with E-state index in [1.807, 2.05) is 42.5 Å². The molecule has 2 aromatic carbocycles. The number of nitrogens with one attached hydrogen (secondary N) is 1. The smallest absolute Gasteiger partial charge is 0.253 e. The molecule has 1 aliphatic carbocycles. The van der Waals surface area contributed by atoms with Gasteiger partial charge in [-0.3, -0.25) is 4.79 Å². The molecule has 146 valence electrons. The molecule has 1 N–H and O–H groups in total. The van der Waals surface area contributed by atoms with Crippen molar-refractivity contribution in [2.75, 3.05) is 19.4 Å². The highest BCUT2D eigenvalue weighted by Crippen LogP contribution is 2.36. The molecule has 6 heteroatoms. The zero-order chi connectivity index (χ0) is 20.5. The van der Waals surface area contributed by atoms with Crippen LogP contribution in [0.15, 0.2) is 42.5 Å². The zero-order valence-corrected chi connectivity index (χ0v) is 16.8. The molecule has 0 aliphatic heterocycles. The van der Waals surface area contributed by atoms with E-state index in [4.69, 9.17) is 0 Å². The maximum atomic E-state index is 12.1. The van der Waals surface area contributed by atoms with Crippen molar-refractivity contribution in [3.63, 3.8) is 0 Å². The van der Waals surface area contributed by atoms with E-state index in [9.17, 15) is 10.1 Å². The molecular formula is C23H23N5O. The molecule has 29 heavy (non-hydrogen) atoms. The molecule has 1 aromatic heterocycles. The number of carbonyl (C=O) groups is 1. The van der Waals surface area contributed by atoms with Crippen LogP contribution >= 0.6 is 0 Å². The third kappa shape index (κ3) is 3.77. The minimum atomic E-state index is -0.0227. The average molecular weight is 385 g/mol. The number of amides is 1. The molecule has 1 aliphatic rings. The van der Waals surface area contributed by atoms with Gasteiger partial charge in [-0.1, -0.05) is 18.2 Å². The molecule has 1 saturated carbocycles. The van der Waals surface area contributed by atoms with Crippen molar-refractivity contribution in [1.29, 1.82) is 5.26 Å². The third-order valence-corrected chi connectivity index (χ3v) is 5.44. The highest BCUT2D eigenvalue weighted by Gasteiger charge is 2.29. The number of nitrogens with zero attached hydrogens (tertiary/aromatic N) is 4. The van der Waals surface area contributed by atoms with Crippen molar-refractivity contribution in [2.24, 2.45) is 5.92 Å². The second-order valence-electron chi connectivity index (χ2n) is 7.81. The van der Waals surface area contributed by atoms with Crippen LogP contribution in [0.25, 0.3) is 22.0 Å². The summed E-state index contributed by atoms with van der Waals surface area (Å²) in [5.74, 6) is 0.637. The van der Waals surface area contributed by atoms with Gasteiger partial charge in [0, 0.05) is 31.1 Å². The second-order valence-corrected chi connectivity index (χ2v) is 7.81. The van der Waals surface area contributed by atoms with Gasteiger partial charge in [0.05, 0.1) is 11.2 Å². The number of hydrogen-bond donors (Lipinski definition) is 1. The Morgan fingerprint density at radius 1 is 1.14 bits per heavy atom. The Labute approximate surface area is 170 Å². The molecule has 1 unspecified atom stereocenters. The van der Waals surface area contributed by atoms with Crippen LogP contribution < -0.4 is 5.32 Å². The normalized spacial score (nSPS) is 14.3. The van der Waals surface area contributed by atoms with Gasteiger partial charge >= 0.3 is 0 Å². The third-order valence-electron chi connectivity index (χ3n) is 5.44. The largest absolute Gasteiger partial charge is 0.379 e. The fourth-order valence-corrected chi connectivity index (χ4v) is 3.52. The van der Waals surface area contributed by atoms with Crippen LogP contribution in [0.2, 0.25) is 0 Å². The van der Waals surface area contributed by atoms with Crippen molar-refractivity contribution in [3.05, 3.63) is 53.7 Å². The van der Waals surface area contributed by atoms with Gasteiger partial charge in [0.15, 0.2) is 5.69 Å². The molecule has 1 heterocycles. The monoisotopic (exact) mass is 385 g/mol. The van der Waals surface area contributed by atoms with E-state index in [1.54, 1.807) is 19.0 Å². The van der Waals surface area contributed by atoms with Crippen LogP contribution in [0.5, 0.6) is 0 Å². The topological polar surface area (TPSA) is 81.9 Å². The summed E-state index contributed by atoms with van der Waals surface area (Å²) >= 11 is 0. The van der Waals surface area contributed by atoms with E-state index in [2.05, 4.69) is 28.5 Å². The van der Waals surface area contributed by atoms with Crippen molar-refractivity contribution in [1.82, 2.24) is 15.1 Å². The highest BCUT2D eigenvalue weighted by molar-refractivity contribution is 5.96. The van der Waals surface area contributed by atoms with Crippen molar-refractivity contribution in [3.8, 4) is 17.2 Å². The van der Waals surface area contributed by atoms with Crippen LogP contribution in [0.3, 0.4) is 0 Å². The summed E-state index contributed by atoms with van der Waals surface area (Å²) in [5, 5.41) is 22.2. The average Bonchev–Trinajstić information content (AvgIpc) is 3.58. The zero-order valence-electron chi connectivity index (χ0n) is 16.8. The summed E-state index contributed by atoms with van der Waals surface area (Å²) in [4.78, 5) is 13.6. The van der Waals surface area contributed by atoms with E-state index in [0.29, 0.717) is 23.2 Å². The Hall–Kier alpha value is -3.46. The van der Waals surface area contributed by atoms with E-state index in [0.717, 1.165) is 27.7 Å². The van der Waals surface area contributed by atoms with E-state index in [1.165, 1.54) is 12.8 Å². The van der Waals surface area contributed by atoms with Crippen molar-refractivity contribution < 1.29 is 4.79 Å². The molecule has 0 saturated heterocycles. The first-order valence-electron chi connectivity index (χ1n) is 9.77. The number of fused-ring (bicyclic) bond motifs is 1. The highest BCUT2D eigenvalue weighted by atomic mass is 16.2. The molecule has 4 rings (SSSR count). The Bertz CT molecular complexity index is 1110. The van der Waals surface area contributed by atoms with Crippen LogP contribution in [-0.4, -0.2) is 41.1 Å². The Morgan fingerprint density at radius 2 is 1.83 bits per heavy atom. The molecule has 1 amide bonds.